The minimum atomic E-state index is -0.0854. The van der Waals surface area contributed by atoms with Gasteiger partial charge < -0.3 is 10.2 Å². The number of hydrogen-bond acceptors (Lipinski definition) is 4. The zero-order chi connectivity index (χ0) is 16.3. The highest BCUT2D eigenvalue weighted by atomic mass is 32.1. The molecule has 1 atom stereocenters. The second-order valence-corrected chi connectivity index (χ2v) is 7.87. The first-order valence-electron chi connectivity index (χ1n) is 7.06. The fourth-order valence-electron chi connectivity index (χ4n) is 1.94. The van der Waals surface area contributed by atoms with E-state index in [-0.39, 0.29) is 17.9 Å². The van der Waals surface area contributed by atoms with E-state index >= 15 is 0 Å². The van der Waals surface area contributed by atoms with Crippen LogP contribution in [0.5, 0.6) is 0 Å². The van der Waals surface area contributed by atoms with Crippen molar-refractivity contribution in [3.63, 3.8) is 0 Å². The largest absolute Gasteiger partial charge is 0.349 e. The van der Waals surface area contributed by atoms with Crippen molar-refractivity contribution < 1.29 is 9.59 Å². The first-order valence-corrected chi connectivity index (χ1v) is 8.70. The first kappa shape index (κ1) is 16.7. The number of likely N-dealkylation sites (N-methyl/N-ethyl adjacent to an activating group) is 1. The van der Waals surface area contributed by atoms with Crippen LogP contribution in [-0.2, 0) is 0 Å². The third-order valence-electron chi connectivity index (χ3n) is 3.45. The van der Waals surface area contributed by atoms with Gasteiger partial charge in [0.05, 0.1) is 9.75 Å². The summed E-state index contributed by atoms with van der Waals surface area (Å²) in [6.45, 7) is 6.31. The summed E-state index contributed by atoms with van der Waals surface area (Å²) in [5.41, 5.74) is 0. The van der Waals surface area contributed by atoms with Crippen molar-refractivity contribution in [3.8, 4) is 0 Å². The maximum Gasteiger partial charge on any atom is 0.263 e. The predicted octanol–water partition coefficient (Wildman–Crippen LogP) is 3.32. The van der Waals surface area contributed by atoms with Gasteiger partial charge in [-0.15, -0.1) is 22.7 Å². The standard InChI is InChI=1S/C16H20N2O2S2/c1-10(9-17-15(19)13-7-5-11(2)21-13)18(4)16(20)14-8-6-12(3)22-14/h5-8,10H,9H2,1-4H3,(H,17,19)/t10-/m0/s1. The van der Waals surface area contributed by atoms with Crippen LogP contribution < -0.4 is 5.32 Å². The van der Waals surface area contributed by atoms with Crippen molar-refractivity contribution in [2.24, 2.45) is 0 Å². The lowest BCUT2D eigenvalue weighted by atomic mass is 10.2. The van der Waals surface area contributed by atoms with Crippen LogP contribution in [0.25, 0.3) is 0 Å². The third kappa shape index (κ3) is 3.96. The monoisotopic (exact) mass is 336 g/mol. The molecule has 0 aromatic carbocycles. The molecule has 0 fully saturated rings. The number of rotatable bonds is 5. The summed E-state index contributed by atoms with van der Waals surface area (Å²) in [4.78, 5) is 29.7. The number of carbonyl (C=O) groups excluding carboxylic acids is 2. The molecular formula is C16H20N2O2S2. The number of hydrogen-bond donors (Lipinski definition) is 1. The number of nitrogens with one attached hydrogen (secondary N) is 1. The number of nitrogens with zero attached hydrogens (tertiary/aromatic N) is 1. The summed E-state index contributed by atoms with van der Waals surface area (Å²) >= 11 is 2.96. The Balaban J connectivity index is 1.90. The van der Waals surface area contributed by atoms with E-state index in [9.17, 15) is 9.59 Å². The van der Waals surface area contributed by atoms with E-state index in [0.29, 0.717) is 11.4 Å². The molecule has 0 aliphatic carbocycles. The summed E-state index contributed by atoms with van der Waals surface area (Å²) in [5.74, 6) is -0.0930. The molecule has 4 nitrogen and oxygen atoms in total. The average molecular weight is 336 g/mol. The van der Waals surface area contributed by atoms with Gasteiger partial charge in [0, 0.05) is 29.4 Å². The molecule has 0 aliphatic heterocycles. The molecule has 0 aliphatic rings. The van der Waals surface area contributed by atoms with Crippen molar-refractivity contribution in [2.75, 3.05) is 13.6 Å². The summed E-state index contributed by atoms with van der Waals surface area (Å²) in [7, 11) is 1.77. The number of amides is 2. The molecule has 6 heteroatoms. The summed E-state index contributed by atoms with van der Waals surface area (Å²) < 4.78 is 0. The van der Waals surface area contributed by atoms with Crippen LogP contribution >= 0.6 is 22.7 Å². The van der Waals surface area contributed by atoms with E-state index in [1.54, 1.807) is 11.9 Å². The minimum absolute atomic E-state index is 0.00758. The fraction of sp³-hybridized carbons (Fsp3) is 0.375. The lowest BCUT2D eigenvalue weighted by Crippen LogP contribution is -2.42. The molecular weight excluding hydrogens is 316 g/mol. The first-order chi connectivity index (χ1) is 10.4. The number of carbonyl (C=O) groups is 2. The minimum Gasteiger partial charge on any atom is -0.349 e. The molecule has 0 bridgehead atoms. The smallest absolute Gasteiger partial charge is 0.263 e. The molecule has 0 unspecified atom stereocenters. The van der Waals surface area contributed by atoms with Gasteiger partial charge in [0.2, 0.25) is 0 Å². The van der Waals surface area contributed by atoms with Crippen LogP contribution in [0.2, 0.25) is 0 Å². The third-order valence-corrected chi connectivity index (χ3v) is 5.44. The topological polar surface area (TPSA) is 49.4 Å². The molecule has 0 spiro atoms. The Labute approximate surface area is 138 Å². The summed E-state index contributed by atoms with van der Waals surface area (Å²) in [6, 6.07) is 7.47. The van der Waals surface area contributed by atoms with Gasteiger partial charge >= 0.3 is 0 Å². The van der Waals surface area contributed by atoms with Crippen LogP contribution in [0.4, 0.5) is 0 Å². The number of thiophene rings is 2. The SMILES string of the molecule is Cc1ccc(C(=O)NC[C@H](C)N(C)C(=O)c2ccc(C)s2)s1. The molecule has 0 saturated carbocycles. The van der Waals surface area contributed by atoms with Gasteiger partial charge in [-0.2, -0.15) is 0 Å². The van der Waals surface area contributed by atoms with Crippen LogP contribution in [0, 0.1) is 13.8 Å². The number of aryl methyl sites for hydroxylation is 2. The Bertz CT molecular complexity index is 675. The van der Waals surface area contributed by atoms with Crippen molar-refractivity contribution in [1.29, 1.82) is 0 Å². The van der Waals surface area contributed by atoms with Crippen LogP contribution in [0.3, 0.4) is 0 Å². The fourth-order valence-corrected chi connectivity index (χ4v) is 3.58. The van der Waals surface area contributed by atoms with E-state index in [2.05, 4.69) is 5.32 Å². The van der Waals surface area contributed by atoms with Gasteiger partial charge in [-0.25, -0.2) is 0 Å². The van der Waals surface area contributed by atoms with Crippen molar-refractivity contribution in [1.82, 2.24) is 10.2 Å². The van der Waals surface area contributed by atoms with Crippen LogP contribution in [-0.4, -0.2) is 36.3 Å². The molecule has 1 N–H and O–H groups in total. The van der Waals surface area contributed by atoms with Crippen molar-refractivity contribution in [2.45, 2.75) is 26.8 Å². The van der Waals surface area contributed by atoms with E-state index in [1.807, 2.05) is 45.0 Å². The molecule has 2 aromatic rings. The molecule has 2 rings (SSSR count). The van der Waals surface area contributed by atoms with Crippen molar-refractivity contribution >= 4 is 34.5 Å². The normalized spacial score (nSPS) is 12.0. The zero-order valence-corrected chi connectivity index (χ0v) is 14.8. The molecule has 118 valence electrons. The van der Waals surface area contributed by atoms with Crippen molar-refractivity contribution in [3.05, 3.63) is 43.8 Å². The van der Waals surface area contributed by atoms with Crippen LogP contribution in [0.15, 0.2) is 24.3 Å². The zero-order valence-electron chi connectivity index (χ0n) is 13.2. The maximum absolute atomic E-state index is 12.3. The Kier molecular flexibility index (Phi) is 5.37. The van der Waals surface area contributed by atoms with E-state index in [4.69, 9.17) is 0 Å². The summed E-state index contributed by atoms with van der Waals surface area (Å²) in [5, 5.41) is 2.89. The van der Waals surface area contributed by atoms with Gasteiger partial charge in [-0.05, 0) is 45.0 Å². The highest BCUT2D eigenvalue weighted by Gasteiger charge is 2.19. The van der Waals surface area contributed by atoms with E-state index < -0.39 is 0 Å². The lowest BCUT2D eigenvalue weighted by molar-refractivity contribution is 0.0736. The van der Waals surface area contributed by atoms with Crippen LogP contribution in [0.1, 0.15) is 36.0 Å². The second-order valence-electron chi connectivity index (χ2n) is 5.30. The molecule has 0 radical (unpaired) electrons. The quantitative estimate of drug-likeness (QED) is 0.910. The maximum atomic E-state index is 12.3. The molecule has 2 amide bonds. The predicted molar refractivity (Wildman–Crippen MR) is 92.0 cm³/mol. The lowest BCUT2D eigenvalue weighted by Gasteiger charge is -2.24. The molecule has 2 aromatic heterocycles. The Morgan fingerprint density at radius 2 is 1.64 bits per heavy atom. The Morgan fingerprint density at radius 1 is 1.09 bits per heavy atom. The highest BCUT2D eigenvalue weighted by Crippen LogP contribution is 2.18. The molecule has 2 heterocycles. The molecule has 0 saturated heterocycles. The second kappa shape index (κ2) is 7.07. The van der Waals surface area contributed by atoms with E-state index in [0.717, 1.165) is 14.6 Å². The average Bonchev–Trinajstić information content (AvgIpc) is 3.11. The highest BCUT2D eigenvalue weighted by molar-refractivity contribution is 7.14. The summed E-state index contributed by atoms with van der Waals surface area (Å²) in [6.07, 6.45) is 0. The van der Waals surface area contributed by atoms with E-state index in [1.165, 1.54) is 22.7 Å². The Morgan fingerprint density at radius 3 is 2.14 bits per heavy atom. The molecule has 22 heavy (non-hydrogen) atoms. The van der Waals surface area contributed by atoms with Gasteiger partial charge in [-0.1, -0.05) is 0 Å². The van der Waals surface area contributed by atoms with Gasteiger partial charge in [-0.3, -0.25) is 9.59 Å². The van der Waals surface area contributed by atoms with Gasteiger partial charge in [0.25, 0.3) is 11.8 Å². The van der Waals surface area contributed by atoms with Gasteiger partial charge in [0.1, 0.15) is 0 Å². The van der Waals surface area contributed by atoms with Gasteiger partial charge in [0.15, 0.2) is 0 Å². The Hall–Kier alpha value is -1.66.